The largest absolute Gasteiger partial charge is 0.264 e. The van der Waals surface area contributed by atoms with E-state index >= 15 is 0 Å². The van der Waals surface area contributed by atoms with Gasteiger partial charge in [0, 0.05) is 18.9 Å². The summed E-state index contributed by atoms with van der Waals surface area (Å²) < 4.78 is 31.3. The molecule has 1 fully saturated rings. The SMILES string of the molecule is O=S(=O)(c1cn(-c2ccccc2)nc1-c1cccs1)N1CCCCC1c1cccnc1. The van der Waals surface area contributed by atoms with E-state index in [9.17, 15) is 8.42 Å². The summed E-state index contributed by atoms with van der Waals surface area (Å²) in [5.41, 5.74) is 2.25. The molecule has 1 atom stereocenters. The molecule has 6 nitrogen and oxygen atoms in total. The summed E-state index contributed by atoms with van der Waals surface area (Å²) in [5.74, 6) is 0. The third-order valence-corrected chi connectivity index (χ3v) is 8.35. The first-order valence-electron chi connectivity index (χ1n) is 10.3. The lowest BCUT2D eigenvalue weighted by atomic mass is 9.99. The number of para-hydroxylation sites is 1. The highest BCUT2D eigenvalue weighted by Crippen LogP contribution is 2.38. The summed E-state index contributed by atoms with van der Waals surface area (Å²) in [7, 11) is -3.77. The van der Waals surface area contributed by atoms with Crippen LogP contribution >= 0.6 is 11.3 Å². The molecule has 0 N–H and O–H groups in total. The number of piperidine rings is 1. The number of pyridine rings is 1. The Labute approximate surface area is 185 Å². The Morgan fingerprint density at radius 2 is 1.87 bits per heavy atom. The minimum Gasteiger partial charge on any atom is -0.264 e. The van der Waals surface area contributed by atoms with E-state index in [2.05, 4.69) is 4.98 Å². The number of sulfonamides is 1. The topological polar surface area (TPSA) is 68.1 Å². The van der Waals surface area contributed by atoms with Crippen LogP contribution in [-0.4, -0.2) is 34.0 Å². The van der Waals surface area contributed by atoms with Crippen LogP contribution in [0.15, 0.2) is 83.5 Å². The number of hydrogen-bond donors (Lipinski definition) is 0. The number of rotatable bonds is 5. The fourth-order valence-corrected chi connectivity index (χ4v) is 6.67. The smallest absolute Gasteiger partial charge is 0.247 e. The molecular formula is C23H22N4O2S2. The quantitative estimate of drug-likeness (QED) is 0.433. The fraction of sp³-hybridized carbons (Fsp3) is 0.217. The number of thiophene rings is 1. The van der Waals surface area contributed by atoms with E-state index in [4.69, 9.17) is 5.10 Å². The third-order valence-electron chi connectivity index (χ3n) is 5.57. The molecule has 158 valence electrons. The minimum atomic E-state index is -3.77. The molecule has 1 aromatic carbocycles. The lowest BCUT2D eigenvalue weighted by Gasteiger charge is -2.34. The summed E-state index contributed by atoms with van der Waals surface area (Å²) in [6, 6.07) is 17.0. The third kappa shape index (κ3) is 3.82. The Bertz CT molecular complexity index is 1250. The summed E-state index contributed by atoms with van der Waals surface area (Å²) in [6.07, 6.45) is 7.75. The van der Waals surface area contributed by atoms with Crippen LogP contribution in [0.2, 0.25) is 0 Å². The van der Waals surface area contributed by atoms with Gasteiger partial charge in [0.1, 0.15) is 10.6 Å². The zero-order valence-corrected chi connectivity index (χ0v) is 18.5. The second kappa shape index (κ2) is 8.37. The predicted octanol–water partition coefficient (Wildman–Crippen LogP) is 4.91. The van der Waals surface area contributed by atoms with E-state index in [0.29, 0.717) is 12.2 Å². The first-order chi connectivity index (χ1) is 15.1. The van der Waals surface area contributed by atoms with Crippen LogP contribution in [0.25, 0.3) is 16.3 Å². The average molecular weight is 451 g/mol. The first kappa shape index (κ1) is 20.1. The van der Waals surface area contributed by atoms with Gasteiger partial charge < -0.3 is 0 Å². The van der Waals surface area contributed by atoms with Gasteiger partial charge in [-0.2, -0.15) is 9.40 Å². The maximum Gasteiger partial charge on any atom is 0.247 e. The number of aromatic nitrogens is 3. The van der Waals surface area contributed by atoms with E-state index in [1.807, 2.05) is 60.0 Å². The van der Waals surface area contributed by atoms with Crippen LogP contribution in [0.4, 0.5) is 0 Å². The maximum absolute atomic E-state index is 14.0. The van der Waals surface area contributed by atoms with Crippen LogP contribution in [-0.2, 0) is 10.0 Å². The standard InChI is InChI=1S/C23H22N4O2S2/c28-31(29,27-14-5-4-11-20(27)18-8-6-13-24-16-18)22-17-26(19-9-2-1-3-10-19)25-23(22)21-12-7-15-30-21/h1-3,6-10,12-13,15-17,20H,4-5,11,14H2. The molecule has 0 amide bonds. The van der Waals surface area contributed by atoms with Gasteiger partial charge in [-0.15, -0.1) is 11.3 Å². The molecule has 1 aliphatic heterocycles. The molecule has 1 saturated heterocycles. The zero-order valence-electron chi connectivity index (χ0n) is 16.8. The van der Waals surface area contributed by atoms with E-state index < -0.39 is 10.0 Å². The number of benzene rings is 1. The van der Waals surface area contributed by atoms with Crippen LogP contribution in [0, 0.1) is 0 Å². The second-order valence-corrected chi connectivity index (χ2v) is 10.3. The summed E-state index contributed by atoms with van der Waals surface area (Å²) in [4.78, 5) is 5.30. The zero-order chi connectivity index (χ0) is 21.3. The van der Waals surface area contributed by atoms with Gasteiger partial charge in [0.25, 0.3) is 0 Å². The molecule has 0 aliphatic carbocycles. The monoisotopic (exact) mass is 450 g/mol. The molecule has 5 rings (SSSR count). The molecular weight excluding hydrogens is 428 g/mol. The molecule has 1 unspecified atom stereocenters. The van der Waals surface area contributed by atoms with E-state index in [-0.39, 0.29) is 10.9 Å². The van der Waals surface area contributed by atoms with Gasteiger partial charge >= 0.3 is 0 Å². The predicted molar refractivity (Wildman–Crippen MR) is 122 cm³/mol. The van der Waals surface area contributed by atoms with Crippen molar-refractivity contribution in [3.8, 4) is 16.3 Å². The molecule has 1 aliphatic rings. The van der Waals surface area contributed by atoms with Crippen molar-refractivity contribution >= 4 is 21.4 Å². The number of hydrogen-bond acceptors (Lipinski definition) is 5. The van der Waals surface area contributed by atoms with Crippen LogP contribution in [0.5, 0.6) is 0 Å². The van der Waals surface area contributed by atoms with Crippen molar-refractivity contribution in [2.45, 2.75) is 30.2 Å². The Hall–Kier alpha value is -2.81. The molecule has 0 bridgehead atoms. The lowest BCUT2D eigenvalue weighted by Crippen LogP contribution is -2.38. The molecule has 0 spiro atoms. The van der Waals surface area contributed by atoms with Crippen molar-refractivity contribution in [1.29, 1.82) is 0 Å². The van der Waals surface area contributed by atoms with Crippen LogP contribution in [0.3, 0.4) is 0 Å². The number of nitrogens with zero attached hydrogens (tertiary/aromatic N) is 4. The van der Waals surface area contributed by atoms with Crippen molar-refractivity contribution in [2.75, 3.05) is 6.54 Å². The van der Waals surface area contributed by atoms with Crippen LogP contribution in [0.1, 0.15) is 30.9 Å². The van der Waals surface area contributed by atoms with Crippen LogP contribution < -0.4 is 0 Å². The highest BCUT2D eigenvalue weighted by molar-refractivity contribution is 7.89. The average Bonchev–Trinajstić information content (AvgIpc) is 3.51. The normalized spacial score (nSPS) is 17.6. The van der Waals surface area contributed by atoms with Gasteiger partial charge in [-0.3, -0.25) is 4.98 Å². The Morgan fingerprint density at radius 3 is 2.61 bits per heavy atom. The van der Waals surface area contributed by atoms with Gasteiger partial charge in [-0.1, -0.05) is 36.8 Å². The van der Waals surface area contributed by atoms with Gasteiger partial charge in [0.05, 0.1) is 22.8 Å². The second-order valence-electron chi connectivity index (χ2n) is 7.51. The maximum atomic E-state index is 14.0. The minimum absolute atomic E-state index is 0.219. The summed E-state index contributed by atoms with van der Waals surface area (Å²) >= 11 is 1.49. The molecule has 0 radical (unpaired) electrons. The van der Waals surface area contributed by atoms with Crippen molar-refractivity contribution in [3.63, 3.8) is 0 Å². The van der Waals surface area contributed by atoms with Crippen molar-refractivity contribution in [2.24, 2.45) is 0 Å². The molecule has 3 aromatic heterocycles. The summed E-state index contributed by atoms with van der Waals surface area (Å²) in [5, 5.41) is 6.63. The molecule has 31 heavy (non-hydrogen) atoms. The molecule has 0 saturated carbocycles. The lowest BCUT2D eigenvalue weighted by molar-refractivity contribution is 0.255. The summed E-state index contributed by atoms with van der Waals surface area (Å²) in [6.45, 7) is 0.488. The molecule has 4 aromatic rings. The van der Waals surface area contributed by atoms with E-state index in [1.54, 1.807) is 27.6 Å². The Balaban J connectivity index is 1.63. The highest BCUT2D eigenvalue weighted by Gasteiger charge is 2.37. The van der Waals surface area contributed by atoms with Gasteiger partial charge in [-0.25, -0.2) is 13.1 Å². The first-order valence-corrected chi connectivity index (χ1v) is 12.6. The van der Waals surface area contributed by atoms with Gasteiger partial charge in [-0.05, 0) is 48.1 Å². The van der Waals surface area contributed by atoms with Gasteiger partial charge in [0.15, 0.2) is 0 Å². The fourth-order valence-electron chi connectivity index (χ4n) is 4.07. The van der Waals surface area contributed by atoms with Crippen molar-refractivity contribution < 1.29 is 8.42 Å². The molecule has 4 heterocycles. The Morgan fingerprint density at radius 1 is 1.00 bits per heavy atom. The van der Waals surface area contributed by atoms with Gasteiger partial charge in [0.2, 0.25) is 10.0 Å². The molecule has 8 heteroatoms. The highest BCUT2D eigenvalue weighted by atomic mass is 32.2. The van der Waals surface area contributed by atoms with E-state index in [1.165, 1.54) is 11.3 Å². The van der Waals surface area contributed by atoms with Crippen molar-refractivity contribution in [3.05, 3.63) is 84.1 Å². The van der Waals surface area contributed by atoms with Crippen molar-refractivity contribution in [1.82, 2.24) is 19.1 Å². The Kier molecular flexibility index (Phi) is 5.43. The van der Waals surface area contributed by atoms with E-state index in [0.717, 1.165) is 35.4 Å².